The Morgan fingerprint density at radius 1 is 1.08 bits per heavy atom. The van der Waals surface area contributed by atoms with E-state index in [0.717, 1.165) is 6.07 Å². The van der Waals surface area contributed by atoms with Gasteiger partial charge in [0.1, 0.15) is 17.0 Å². The first-order chi connectivity index (χ1) is 17.9. The highest BCUT2D eigenvalue weighted by atomic mass is 35.5. The van der Waals surface area contributed by atoms with Gasteiger partial charge < -0.3 is 10.2 Å². The normalized spacial score (nSPS) is 21.3. The third kappa shape index (κ3) is 5.33. The van der Waals surface area contributed by atoms with Crippen LogP contribution in [-0.4, -0.2) is 17.5 Å². The summed E-state index contributed by atoms with van der Waals surface area (Å²) in [5.74, 6) is -2.03. The summed E-state index contributed by atoms with van der Waals surface area (Å²) in [5.41, 5.74) is -1.41. The summed E-state index contributed by atoms with van der Waals surface area (Å²) in [6, 6.07) is 15.6. The van der Waals surface area contributed by atoms with Crippen LogP contribution in [0.5, 0.6) is 0 Å². The Morgan fingerprint density at radius 2 is 1.74 bits per heavy atom. The Hall–Kier alpha value is -2.85. The van der Waals surface area contributed by atoms with Crippen LogP contribution in [0.25, 0.3) is 0 Å². The van der Waals surface area contributed by atoms with Crippen LogP contribution in [0.1, 0.15) is 44.4 Å². The molecule has 3 aromatic rings. The van der Waals surface area contributed by atoms with E-state index in [4.69, 9.17) is 34.8 Å². The molecule has 0 aromatic heterocycles. The molecule has 0 aliphatic carbocycles. The lowest BCUT2D eigenvalue weighted by Gasteiger charge is -2.38. The van der Waals surface area contributed by atoms with Crippen LogP contribution >= 0.6 is 34.8 Å². The van der Waals surface area contributed by atoms with E-state index in [-0.39, 0.29) is 33.1 Å². The number of urea groups is 1. The van der Waals surface area contributed by atoms with Crippen LogP contribution < -0.4 is 5.32 Å². The van der Waals surface area contributed by atoms with Gasteiger partial charge in [0.2, 0.25) is 0 Å². The zero-order valence-electron chi connectivity index (χ0n) is 21.0. The predicted molar refractivity (Wildman–Crippen MR) is 148 cm³/mol. The lowest BCUT2D eigenvalue weighted by Crippen LogP contribution is -2.42. The highest BCUT2D eigenvalue weighted by molar-refractivity contribution is 6.31. The number of rotatable bonds is 4. The van der Waals surface area contributed by atoms with Gasteiger partial charge >= 0.3 is 6.03 Å². The Bertz CT molecular complexity index is 1400. The average Bonchev–Trinajstić information content (AvgIpc) is 3.15. The monoisotopic (exact) mass is 575 g/mol. The van der Waals surface area contributed by atoms with Crippen LogP contribution in [0.3, 0.4) is 0 Å². The predicted octanol–water partition coefficient (Wildman–Crippen LogP) is 9.03. The summed E-state index contributed by atoms with van der Waals surface area (Å²) in [5, 5.41) is 14.2. The summed E-state index contributed by atoms with van der Waals surface area (Å²) in [7, 11) is 0. The number of halogens is 5. The largest absolute Gasteiger partial charge is 0.322 e. The maximum Gasteiger partial charge on any atom is 0.322 e. The summed E-state index contributed by atoms with van der Waals surface area (Å²) in [4.78, 5) is 15.2. The molecule has 4 rings (SSSR count). The standard InChI is InChI=1S/C29H26Cl3F2N3O/c1-28(2,3)14-17-15-37(27(38)36-20-10-7-18(30)8-11-20)26(21-5-4-6-23(32)25(21)34)29(17,16-35)22-12-9-19(31)13-24(22)33/h4-13,17,26H,14-15H2,1-3H3,(H,36,38). The molecule has 3 unspecified atom stereocenters. The van der Waals surface area contributed by atoms with Gasteiger partial charge in [-0.3, -0.25) is 0 Å². The zero-order chi connectivity index (χ0) is 27.8. The van der Waals surface area contributed by atoms with Gasteiger partial charge in [-0.2, -0.15) is 5.26 Å². The SMILES string of the molecule is CC(C)(C)CC1CN(C(=O)Nc2ccc(Cl)cc2)C(c2cccc(Cl)c2F)C1(C#N)c1ccc(Cl)cc1F. The van der Waals surface area contributed by atoms with Gasteiger partial charge in [-0.1, -0.05) is 73.8 Å². The number of carbonyl (C=O) groups excluding carboxylic acids is 1. The molecule has 1 N–H and O–H groups in total. The maximum atomic E-state index is 15.7. The van der Waals surface area contributed by atoms with Gasteiger partial charge in [0.25, 0.3) is 0 Å². The molecule has 38 heavy (non-hydrogen) atoms. The first-order valence-electron chi connectivity index (χ1n) is 12.0. The van der Waals surface area contributed by atoms with Crippen molar-refractivity contribution in [3.05, 3.63) is 98.5 Å². The minimum Gasteiger partial charge on any atom is -0.315 e. The third-order valence-electron chi connectivity index (χ3n) is 6.86. The second-order valence-corrected chi connectivity index (χ2v) is 12.0. The number of anilines is 1. The van der Waals surface area contributed by atoms with Crippen molar-refractivity contribution in [3.8, 4) is 6.07 Å². The number of nitrogens with one attached hydrogen (secondary N) is 1. The molecular weight excluding hydrogens is 551 g/mol. The molecule has 1 heterocycles. The molecule has 3 aromatic carbocycles. The number of hydrogen-bond acceptors (Lipinski definition) is 2. The molecule has 1 aliphatic rings. The molecule has 0 saturated carbocycles. The summed E-state index contributed by atoms with van der Waals surface area (Å²) < 4.78 is 31.3. The number of benzene rings is 3. The van der Waals surface area contributed by atoms with Gasteiger partial charge in [0.05, 0.1) is 17.1 Å². The Morgan fingerprint density at radius 3 is 2.34 bits per heavy atom. The van der Waals surface area contributed by atoms with Crippen molar-refractivity contribution in [2.24, 2.45) is 11.3 Å². The van der Waals surface area contributed by atoms with Gasteiger partial charge in [0.15, 0.2) is 0 Å². The quantitative estimate of drug-likeness (QED) is 0.337. The van der Waals surface area contributed by atoms with Crippen molar-refractivity contribution in [2.45, 2.75) is 38.6 Å². The molecule has 3 atom stereocenters. The molecule has 0 spiro atoms. The van der Waals surface area contributed by atoms with E-state index in [1.165, 1.54) is 29.2 Å². The zero-order valence-corrected chi connectivity index (χ0v) is 23.3. The molecule has 0 bridgehead atoms. The fourth-order valence-electron chi connectivity index (χ4n) is 5.40. The smallest absolute Gasteiger partial charge is 0.315 e. The van der Waals surface area contributed by atoms with Gasteiger partial charge in [0, 0.05) is 39.3 Å². The van der Waals surface area contributed by atoms with Gasteiger partial charge in [-0.05, 0) is 54.3 Å². The van der Waals surface area contributed by atoms with E-state index >= 15 is 8.78 Å². The van der Waals surface area contributed by atoms with Crippen molar-refractivity contribution < 1.29 is 13.6 Å². The number of nitriles is 1. The molecule has 9 heteroatoms. The first-order valence-corrected chi connectivity index (χ1v) is 13.1. The highest BCUT2D eigenvalue weighted by Gasteiger charge is 2.60. The Labute approximate surface area is 236 Å². The van der Waals surface area contributed by atoms with Crippen molar-refractivity contribution in [3.63, 3.8) is 0 Å². The first kappa shape index (κ1) is 28.2. The van der Waals surface area contributed by atoms with E-state index in [1.54, 1.807) is 30.3 Å². The van der Waals surface area contributed by atoms with E-state index in [9.17, 15) is 10.1 Å². The number of hydrogen-bond donors (Lipinski definition) is 1. The highest BCUT2D eigenvalue weighted by Crippen LogP contribution is 2.56. The van der Waals surface area contributed by atoms with E-state index in [0.29, 0.717) is 17.1 Å². The molecule has 0 radical (unpaired) electrons. The van der Waals surface area contributed by atoms with Crippen LogP contribution in [0.2, 0.25) is 15.1 Å². The minimum atomic E-state index is -1.65. The van der Waals surface area contributed by atoms with Crippen LogP contribution in [-0.2, 0) is 5.41 Å². The summed E-state index contributed by atoms with van der Waals surface area (Å²) in [6.07, 6.45) is 0.450. The molecule has 4 nitrogen and oxygen atoms in total. The van der Waals surface area contributed by atoms with Crippen molar-refractivity contribution in [2.75, 3.05) is 11.9 Å². The molecule has 1 aliphatic heterocycles. The average molecular weight is 577 g/mol. The molecule has 1 saturated heterocycles. The minimum absolute atomic E-state index is 0.0241. The van der Waals surface area contributed by atoms with Crippen LogP contribution in [0.4, 0.5) is 19.3 Å². The summed E-state index contributed by atoms with van der Waals surface area (Å²) >= 11 is 18.2. The van der Waals surface area contributed by atoms with Gasteiger partial charge in [-0.25, -0.2) is 13.6 Å². The molecular formula is C29H26Cl3F2N3O. The number of carbonyl (C=O) groups is 1. The lowest BCUT2D eigenvalue weighted by atomic mass is 9.63. The molecule has 1 fully saturated rings. The lowest BCUT2D eigenvalue weighted by molar-refractivity contribution is 0.198. The Kier molecular flexibility index (Phi) is 7.95. The van der Waals surface area contributed by atoms with Crippen LogP contribution in [0.15, 0.2) is 60.7 Å². The van der Waals surface area contributed by atoms with E-state index in [2.05, 4.69) is 11.4 Å². The van der Waals surface area contributed by atoms with Crippen molar-refractivity contribution in [1.82, 2.24) is 4.90 Å². The summed E-state index contributed by atoms with van der Waals surface area (Å²) in [6.45, 7) is 6.07. The second kappa shape index (κ2) is 10.7. The number of likely N-dealkylation sites (tertiary alicyclic amines) is 1. The molecule has 2 amide bonds. The fraction of sp³-hybridized carbons (Fsp3) is 0.310. The fourth-order valence-corrected chi connectivity index (χ4v) is 5.87. The second-order valence-electron chi connectivity index (χ2n) is 10.7. The van der Waals surface area contributed by atoms with Gasteiger partial charge in [-0.15, -0.1) is 0 Å². The van der Waals surface area contributed by atoms with Crippen molar-refractivity contribution >= 4 is 46.5 Å². The molecule has 198 valence electrons. The van der Waals surface area contributed by atoms with E-state index < -0.39 is 35.0 Å². The number of nitrogens with zero attached hydrogens (tertiary/aromatic N) is 2. The maximum absolute atomic E-state index is 15.7. The van der Waals surface area contributed by atoms with Crippen LogP contribution in [0, 0.1) is 34.3 Å². The third-order valence-corrected chi connectivity index (χ3v) is 7.64. The van der Waals surface area contributed by atoms with E-state index in [1.807, 2.05) is 20.8 Å². The Balaban J connectivity index is 1.96. The van der Waals surface area contributed by atoms with Crippen molar-refractivity contribution in [1.29, 1.82) is 5.26 Å². The topological polar surface area (TPSA) is 56.1 Å². The number of amides is 2.